The molecular weight excluding hydrogens is 330 g/mol. The molecule has 1 unspecified atom stereocenters. The van der Waals surface area contributed by atoms with Gasteiger partial charge in [0.05, 0.1) is 17.1 Å². The fraction of sp³-hybridized carbons (Fsp3) is 0.500. The van der Waals surface area contributed by atoms with Gasteiger partial charge in [0.15, 0.2) is 0 Å². The van der Waals surface area contributed by atoms with Gasteiger partial charge in [-0.1, -0.05) is 39.0 Å². The number of thiazole rings is 1. The second-order valence-corrected chi connectivity index (χ2v) is 8.81. The molecule has 1 amide bonds. The maximum atomic E-state index is 13.0. The van der Waals surface area contributed by atoms with Crippen molar-refractivity contribution in [3.8, 4) is 0 Å². The van der Waals surface area contributed by atoms with Gasteiger partial charge in [0, 0.05) is 42.7 Å². The Kier molecular flexibility index (Phi) is 4.87. The summed E-state index contributed by atoms with van der Waals surface area (Å²) < 4.78 is 0. The van der Waals surface area contributed by atoms with E-state index in [0.29, 0.717) is 13.0 Å². The molecule has 1 atom stereocenters. The smallest absolute Gasteiger partial charge is 0.229 e. The number of carbonyl (C=O) groups excluding carboxylic acids is 1. The van der Waals surface area contributed by atoms with Crippen molar-refractivity contribution in [3.63, 3.8) is 0 Å². The summed E-state index contributed by atoms with van der Waals surface area (Å²) in [6.45, 7) is 10.1. The Bertz CT molecular complexity index is 762. The average Bonchev–Trinajstić information content (AvgIpc) is 2.96. The van der Waals surface area contributed by atoms with E-state index in [1.165, 1.54) is 11.3 Å². The maximum Gasteiger partial charge on any atom is 0.229 e. The van der Waals surface area contributed by atoms with Crippen LogP contribution in [0.2, 0.25) is 0 Å². The zero-order chi connectivity index (χ0) is 18.2. The zero-order valence-electron chi connectivity index (χ0n) is 15.7. The fourth-order valence-electron chi connectivity index (χ4n) is 3.27. The molecule has 3 rings (SSSR count). The molecule has 4 nitrogen and oxygen atoms in total. The third-order valence-electron chi connectivity index (χ3n) is 4.66. The Morgan fingerprint density at radius 3 is 2.72 bits per heavy atom. The average molecular weight is 358 g/mol. The lowest BCUT2D eigenvalue weighted by molar-refractivity contribution is -0.132. The number of para-hydroxylation sites is 1. The number of aromatic nitrogens is 1. The minimum atomic E-state index is 0.0313. The van der Waals surface area contributed by atoms with Crippen LogP contribution < -0.4 is 4.90 Å². The van der Waals surface area contributed by atoms with Gasteiger partial charge < -0.3 is 9.80 Å². The molecule has 0 saturated carbocycles. The van der Waals surface area contributed by atoms with Crippen LogP contribution in [0.25, 0.3) is 0 Å². The number of amides is 1. The lowest BCUT2D eigenvalue weighted by Gasteiger charge is -2.28. The quantitative estimate of drug-likeness (QED) is 0.819. The highest BCUT2D eigenvalue weighted by atomic mass is 32.1. The summed E-state index contributed by atoms with van der Waals surface area (Å²) in [4.78, 5) is 21.9. The van der Waals surface area contributed by atoms with Gasteiger partial charge in [-0.25, -0.2) is 4.98 Å². The standard InChI is InChI=1S/C20H27N3OS/c1-14-11-22(5)17-9-7-6-8-15(17)12-23(14)18(24)10-16-13-25-19(21-16)20(2,3)4/h6-9,13-14H,10-12H2,1-5H3. The molecule has 1 aromatic carbocycles. The summed E-state index contributed by atoms with van der Waals surface area (Å²) in [6, 6.07) is 8.52. The molecule has 0 spiro atoms. The third kappa shape index (κ3) is 3.87. The Hall–Kier alpha value is -1.88. The topological polar surface area (TPSA) is 36.4 Å². The van der Waals surface area contributed by atoms with Crippen LogP contribution in [-0.2, 0) is 23.2 Å². The van der Waals surface area contributed by atoms with Gasteiger partial charge in [0.2, 0.25) is 5.91 Å². The highest BCUT2D eigenvalue weighted by Gasteiger charge is 2.27. The number of nitrogens with zero attached hydrogens (tertiary/aromatic N) is 3. The van der Waals surface area contributed by atoms with Crippen LogP contribution in [0.4, 0.5) is 5.69 Å². The number of anilines is 1. The number of hydrogen-bond acceptors (Lipinski definition) is 4. The highest BCUT2D eigenvalue weighted by molar-refractivity contribution is 7.09. The number of fused-ring (bicyclic) bond motifs is 1. The monoisotopic (exact) mass is 357 g/mol. The molecule has 1 aromatic heterocycles. The van der Waals surface area contributed by atoms with Gasteiger partial charge in [-0.3, -0.25) is 4.79 Å². The predicted octanol–water partition coefficient (Wildman–Crippen LogP) is 3.85. The molecule has 134 valence electrons. The summed E-state index contributed by atoms with van der Waals surface area (Å²) in [5.74, 6) is 0.156. The summed E-state index contributed by atoms with van der Waals surface area (Å²) in [6.07, 6.45) is 0.378. The van der Waals surface area contributed by atoms with Crippen LogP contribution in [0, 0.1) is 0 Å². The number of likely N-dealkylation sites (N-methyl/N-ethyl adjacent to an activating group) is 1. The van der Waals surface area contributed by atoms with Crippen molar-refractivity contribution in [1.29, 1.82) is 0 Å². The SMILES string of the molecule is CC1CN(C)c2ccccc2CN1C(=O)Cc1csc(C(C)(C)C)n1. The van der Waals surface area contributed by atoms with Crippen LogP contribution in [0.5, 0.6) is 0 Å². The summed E-state index contributed by atoms with van der Waals surface area (Å²) in [7, 11) is 2.10. The second kappa shape index (κ2) is 6.79. The Labute approximate surface area is 154 Å². The van der Waals surface area contributed by atoms with Gasteiger partial charge in [-0.05, 0) is 18.6 Å². The largest absolute Gasteiger partial charge is 0.372 e. The minimum Gasteiger partial charge on any atom is -0.372 e. The predicted molar refractivity (Wildman–Crippen MR) is 104 cm³/mol. The van der Waals surface area contributed by atoms with Crippen LogP contribution in [0.3, 0.4) is 0 Å². The zero-order valence-corrected chi connectivity index (χ0v) is 16.6. The van der Waals surface area contributed by atoms with Gasteiger partial charge >= 0.3 is 0 Å². The van der Waals surface area contributed by atoms with Crippen LogP contribution in [-0.4, -0.2) is 35.4 Å². The van der Waals surface area contributed by atoms with E-state index in [-0.39, 0.29) is 17.4 Å². The van der Waals surface area contributed by atoms with Gasteiger partial charge in [-0.15, -0.1) is 11.3 Å². The Morgan fingerprint density at radius 2 is 2.04 bits per heavy atom. The number of carbonyl (C=O) groups is 1. The highest BCUT2D eigenvalue weighted by Crippen LogP contribution is 2.28. The molecular formula is C20H27N3OS. The molecule has 2 aromatic rings. The van der Waals surface area contributed by atoms with Crippen molar-refractivity contribution in [2.45, 2.75) is 52.1 Å². The lowest BCUT2D eigenvalue weighted by Crippen LogP contribution is -2.42. The molecule has 5 heteroatoms. The van der Waals surface area contributed by atoms with E-state index in [9.17, 15) is 4.79 Å². The molecule has 2 heterocycles. The van der Waals surface area contributed by atoms with Crippen molar-refractivity contribution in [2.75, 3.05) is 18.5 Å². The van der Waals surface area contributed by atoms with E-state index in [4.69, 9.17) is 0 Å². The Morgan fingerprint density at radius 1 is 1.32 bits per heavy atom. The van der Waals surface area contributed by atoms with Crippen molar-refractivity contribution in [3.05, 3.63) is 45.9 Å². The first-order chi connectivity index (χ1) is 11.8. The third-order valence-corrected chi connectivity index (χ3v) is 5.98. The molecule has 1 aliphatic rings. The summed E-state index contributed by atoms with van der Waals surface area (Å²) in [5.41, 5.74) is 3.34. The van der Waals surface area contributed by atoms with Crippen LogP contribution in [0.1, 0.15) is 44.0 Å². The van der Waals surface area contributed by atoms with E-state index in [2.05, 4.69) is 62.8 Å². The molecule has 0 aliphatic carbocycles. The first-order valence-electron chi connectivity index (χ1n) is 8.79. The number of hydrogen-bond donors (Lipinski definition) is 0. The van der Waals surface area contributed by atoms with Gasteiger partial charge in [0.1, 0.15) is 0 Å². The first kappa shape index (κ1) is 17.9. The maximum absolute atomic E-state index is 13.0. The molecule has 25 heavy (non-hydrogen) atoms. The molecule has 1 aliphatic heterocycles. The molecule has 0 bridgehead atoms. The van der Waals surface area contributed by atoms with E-state index < -0.39 is 0 Å². The van der Waals surface area contributed by atoms with Crippen LogP contribution >= 0.6 is 11.3 Å². The summed E-state index contributed by atoms with van der Waals surface area (Å²) >= 11 is 1.65. The molecule has 0 N–H and O–H groups in total. The van der Waals surface area contributed by atoms with Crippen molar-refractivity contribution >= 4 is 22.9 Å². The lowest BCUT2D eigenvalue weighted by atomic mass is 9.98. The van der Waals surface area contributed by atoms with Gasteiger partial charge in [0.25, 0.3) is 0 Å². The number of benzene rings is 1. The molecule has 0 radical (unpaired) electrons. The minimum absolute atomic E-state index is 0.0313. The van der Waals surface area contributed by atoms with E-state index >= 15 is 0 Å². The van der Waals surface area contributed by atoms with E-state index in [0.717, 1.165) is 17.2 Å². The van der Waals surface area contributed by atoms with Crippen molar-refractivity contribution < 1.29 is 4.79 Å². The van der Waals surface area contributed by atoms with Crippen molar-refractivity contribution in [2.24, 2.45) is 0 Å². The van der Waals surface area contributed by atoms with E-state index in [1.54, 1.807) is 11.3 Å². The molecule has 0 fully saturated rings. The number of rotatable bonds is 2. The van der Waals surface area contributed by atoms with Crippen LogP contribution in [0.15, 0.2) is 29.6 Å². The normalized spacial score (nSPS) is 18.0. The van der Waals surface area contributed by atoms with E-state index in [1.807, 2.05) is 16.3 Å². The Balaban J connectivity index is 1.78. The van der Waals surface area contributed by atoms with Crippen molar-refractivity contribution in [1.82, 2.24) is 9.88 Å². The fourth-order valence-corrected chi connectivity index (χ4v) is 4.18. The first-order valence-corrected chi connectivity index (χ1v) is 9.67. The second-order valence-electron chi connectivity index (χ2n) is 7.95. The molecule has 0 saturated heterocycles. The van der Waals surface area contributed by atoms with Gasteiger partial charge in [-0.2, -0.15) is 0 Å². The summed E-state index contributed by atoms with van der Waals surface area (Å²) in [5, 5.41) is 3.12.